The molecular weight excluding hydrogens is 148 g/mol. The molecule has 2 nitrogen and oxygen atoms in total. The van der Waals surface area contributed by atoms with Gasteiger partial charge in [0.05, 0.1) is 6.07 Å². The van der Waals surface area contributed by atoms with Crippen molar-refractivity contribution in [1.29, 1.82) is 5.26 Å². The molecule has 0 atom stereocenters. The first-order valence-electron chi connectivity index (χ1n) is 3.76. The number of hydrogen-bond acceptors (Lipinski definition) is 2. The van der Waals surface area contributed by atoms with Crippen LogP contribution in [0.3, 0.4) is 0 Å². The van der Waals surface area contributed by atoms with Gasteiger partial charge in [-0.05, 0) is 25.0 Å². The van der Waals surface area contributed by atoms with Gasteiger partial charge in [0.25, 0.3) is 0 Å². The number of nitrogens with two attached hydrogens (primary N) is 1. The molecule has 0 spiro atoms. The van der Waals surface area contributed by atoms with Crippen molar-refractivity contribution in [3.63, 3.8) is 0 Å². The van der Waals surface area contributed by atoms with Gasteiger partial charge in [0.15, 0.2) is 0 Å². The molecule has 0 aliphatic carbocycles. The summed E-state index contributed by atoms with van der Waals surface area (Å²) in [6.45, 7) is 5.46. The Hall–Kier alpha value is -1.49. The molecule has 2 heteroatoms. The molecule has 0 saturated carbocycles. The lowest BCUT2D eigenvalue weighted by atomic mass is 10.1. The third kappa shape index (κ3) is 3.07. The minimum Gasteiger partial charge on any atom is -0.398 e. The smallest absolute Gasteiger partial charge is 0.0587 e. The van der Waals surface area contributed by atoms with E-state index in [9.17, 15) is 0 Å². The highest BCUT2D eigenvalue weighted by Crippen LogP contribution is 2.13. The quantitative estimate of drug-likeness (QED) is 0.595. The largest absolute Gasteiger partial charge is 0.398 e. The predicted molar refractivity (Wildman–Crippen MR) is 51.6 cm³/mol. The molecule has 0 aliphatic heterocycles. The van der Waals surface area contributed by atoms with Crippen molar-refractivity contribution < 1.29 is 0 Å². The van der Waals surface area contributed by atoms with E-state index in [2.05, 4.69) is 0 Å². The first kappa shape index (κ1) is 10.5. The summed E-state index contributed by atoms with van der Waals surface area (Å²) in [5.74, 6) is 0. The van der Waals surface area contributed by atoms with Crippen molar-refractivity contribution >= 4 is 5.69 Å². The van der Waals surface area contributed by atoms with Crippen LogP contribution in [0.4, 0.5) is 5.69 Å². The van der Waals surface area contributed by atoms with Gasteiger partial charge in [-0.2, -0.15) is 5.26 Å². The summed E-state index contributed by atoms with van der Waals surface area (Å²) in [5, 5.41) is 7.32. The number of anilines is 1. The van der Waals surface area contributed by atoms with E-state index in [-0.39, 0.29) is 0 Å². The Bertz CT molecular complexity index is 264. The lowest BCUT2D eigenvalue weighted by Crippen LogP contribution is -1.91. The summed E-state index contributed by atoms with van der Waals surface area (Å²) in [7, 11) is 0. The van der Waals surface area contributed by atoms with Crippen LogP contribution in [0.15, 0.2) is 18.2 Å². The summed E-state index contributed by atoms with van der Waals surface area (Å²) < 4.78 is 0. The molecule has 0 heterocycles. The number of benzene rings is 1. The van der Waals surface area contributed by atoms with Crippen molar-refractivity contribution in [3.8, 4) is 6.07 Å². The third-order valence-electron chi connectivity index (χ3n) is 1.54. The minimum absolute atomic E-state index is 0.914. The molecule has 0 amide bonds. The van der Waals surface area contributed by atoms with Crippen molar-refractivity contribution in [3.05, 3.63) is 29.3 Å². The van der Waals surface area contributed by atoms with E-state index in [1.807, 2.05) is 32.0 Å². The Morgan fingerprint density at radius 1 is 1.25 bits per heavy atom. The monoisotopic (exact) mass is 162 g/mol. The van der Waals surface area contributed by atoms with E-state index in [0.717, 1.165) is 16.8 Å². The fourth-order valence-electron chi connectivity index (χ4n) is 0.827. The molecule has 0 saturated heterocycles. The second-order valence-electron chi connectivity index (χ2n) is 2.53. The lowest BCUT2D eigenvalue weighted by molar-refractivity contribution is 1.39. The number of hydrogen-bond donors (Lipinski definition) is 1. The molecule has 12 heavy (non-hydrogen) atoms. The zero-order chi connectivity index (χ0) is 9.56. The average Bonchev–Trinajstić information content (AvgIpc) is 2.02. The molecule has 1 aromatic rings. The van der Waals surface area contributed by atoms with Gasteiger partial charge in [0.2, 0.25) is 0 Å². The zero-order valence-electron chi connectivity index (χ0n) is 7.76. The summed E-state index contributed by atoms with van der Waals surface area (Å²) in [4.78, 5) is 0. The predicted octanol–water partition coefficient (Wildman–Crippen LogP) is 2.42. The van der Waals surface area contributed by atoms with Crippen LogP contribution in [0.5, 0.6) is 0 Å². The van der Waals surface area contributed by atoms with Crippen LogP contribution in [0, 0.1) is 25.2 Å². The summed E-state index contributed by atoms with van der Waals surface area (Å²) >= 11 is 0. The van der Waals surface area contributed by atoms with E-state index >= 15 is 0 Å². The van der Waals surface area contributed by atoms with Crippen LogP contribution in [-0.4, -0.2) is 0 Å². The normalized spacial score (nSPS) is 7.83. The maximum atomic E-state index is 7.32. The molecule has 0 unspecified atom stereocenters. The Kier molecular flexibility index (Phi) is 4.55. The Labute approximate surface area is 73.6 Å². The molecule has 0 fully saturated rings. The Balaban J connectivity index is 0.000000354. The van der Waals surface area contributed by atoms with Crippen LogP contribution in [0.1, 0.15) is 18.1 Å². The molecular formula is C10H14N2. The molecule has 1 aromatic carbocycles. The summed E-state index contributed by atoms with van der Waals surface area (Å²) in [6.07, 6.45) is 0. The van der Waals surface area contributed by atoms with Crippen molar-refractivity contribution in [1.82, 2.24) is 0 Å². The topological polar surface area (TPSA) is 49.8 Å². The van der Waals surface area contributed by atoms with Crippen molar-refractivity contribution in [2.75, 3.05) is 5.73 Å². The SMILES string of the molecule is CC#N.Cc1cccc(C)c1N. The van der Waals surface area contributed by atoms with Gasteiger partial charge in [-0.3, -0.25) is 0 Å². The fourth-order valence-corrected chi connectivity index (χ4v) is 0.827. The molecule has 0 aromatic heterocycles. The van der Waals surface area contributed by atoms with Crippen LogP contribution in [0.2, 0.25) is 0 Å². The first-order valence-corrected chi connectivity index (χ1v) is 3.76. The fraction of sp³-hybridized carbons (Fsp3) is 0.300. The number of aryl methyl sites for hydroxylation is 2. The number of nitriles is 1. The maximum Gasteiger partial charge on any atom is 0.0587 e. The van der Waals surface area contributed by atoms with E-state index < -0.39 is 0 Å². The molecule has 0 aliphatic rings. The number of rotatable bonds is 0. The molecule has 2 N–H and O–H groups in total. The Morgan fingerprint density at radius 2 is 1.58 bits per heavy atom. The van der Waals surface area contributed by atoms with E-state index in [1.165, 1.54) is 6.92 Å². The number of nitrogens with zero attached hydrogens (tertiary/aromatic N) is 1. The van der Waals surface area contributed by atoms with Crippen molar-refractivity contribution in [2.24, 2.45) is 0 Å². The molecule has 0 radical (unpaired) electrons. The van der Waals surface area contributed by atoms with Gasteiger partial charge >= 0.3 is 0 Å². The molecule has 1 rings (SSSR count). The highest BCUT2D eigenvalue weighted by Gasteiger charge is 1.92. The van der Waals surface area contributed by atoms with Crippen LogP contribution in [0.25, 0.3) is 0 Å². The Morgan fingerprint density at radius 3 is 1.83 bits per heavy atom. The van der Waals surface area contributed by atoms with E-state index in [1.54, 1.807) is 6.07 Å². The zero-order valence-corrected chi connectivity index (χ0v) is 7.76. The summed E-state index contributed by atoms with van der Waals surface area (Å²) in [5.41, 5.74) is 8.92. The molecule has 64 valence electrons. The van der Waals surface area contributed by atoms with E-state index in [0.29, 0.717) is 0 Å². The van der Waals surface area contributed by atoms with Crippen LogP contribution < -0.4 is 5.73 Å². The third-order valence-corrected chi connectivity index (χ3v) is 1.54. The van der Waals surface area contributed by atoms with E-state index in [4.69, 9.17) is 11.0 Å². The maximum absolute atomic E-state index is 7.32. The highest BCUT2D eigenvalue weighted by atomic mass is 14.6. The van der Waals surface area contributed by atoms with Crippen LogP contribution >= 0.6 is 0 Å². The van der Waals surface area contributed by atoms with Gasteiger partial charge in [-0.15, -0.1) is 0 Å². The standard InChI is InChI=1S/C8H11N.C2H3N/c1-6-4-3-5-7(2)8(6)9;1-2-3/h3-5H,9H2,1-2H3;1H3. The number of para-hydroxylation sites is 1. The number of nitrogen functional groups attached to an aromatic ring is 1. The lowest BCUT2D eigenvalue weighted by Gasteiger charge is -2.00. The van der Waals surface area contributed by atoms with Gasteiger partial charge in [-0.1, -0.05) is 18.2 Å². The second kappa shape index (κ2) is 5.20. The van der Waals surface area contributed by atoms with Gasteiger partial charge in [-0.25, -0.2) is 0 Å². The summed E-state index contributed by atoms with van der Waals surface area (Å²) in [6, 6.07) is 7.80. The van der Waals surface area contributed by atoms with Crippen molar-refractivity contribution in [2.45, 2.75) is 20.8 Å². The van der Waals surface area contributed by atoms with Gasteiger partial charge in [0, 0.05) is 12.6 Å². The highest BCUT2D eigenvalue weighted by molar-refractivity contribution is 5.52. The van der Waals surface area contributed by atoms with Gasteiger partial charge in [0.1, 0.15) is 0 Å². The second-order valence-corrected chi connectivity index (χ2v) is 2.53. The molecule has 0 bridgehead atoms. The first-order chi connectivity index (χ1) is 5.63. The van der Waals surface area contributed by atoms with Gasteiger partial charge < -0.3 is 5.73 Å². The minimum atomic E-state index is 0.914. The van der Waals surface area contributed by atoms with Crippen LogP contribution in [-0.2, 0) is 0 Å². The average molecular weight is 162 g/mol.